The van der Waals surface area contributed by atoms with Crippen LogP contribution in [0, 0.1) is 0 Å². The number of methoxy groups -OCH3 is 3. The van der Waals surface area contributed by atoms with Crippen molar-refractivity contribution in [1.29, 1.82) is 0 Å². The number of benzene rings is 1. The van der Waals surface area contributed by atoms with Crippen LogP contribution in [-0.4, -0.2) is 33.7 Å². The van der Waals surface area contributed by atoms with Gasteiger partial charge in [-0.3, -0.25) is 4.79 Å². The standard InChI is InChI=1S/C12H17NO4/c1-8(14)7-13-9-5-11(16-3)12(17-4)6-10(9)15-2/h5-6,13H,7H2,1-4H3. The summed E-state index contributed by atoms with van der Waals surface area (Å²) in [6, 6.07) is 3.45. The highest BCUT2D eigenvalue weighted by molar-refractivity contribution is 5.81. The first kappa shape index (κ1) is 13.2. The lowest BCUT2D eigenvalue weighted by Crippen LogP contribution is -2.10. The van der Waals surface area contributed by atoms with E-state index < -0.39 is 0 Å². The van der Waals surface area contributed by atoms with Gasteiger partial charge in [-0.05, 0) is 6.92 Å². The number of nitrogens with one attached hydrogen (secondary N) is 1. The molecule has 1 aromatic rings. The highest BCUT2D eigenvalue weighted by Gasteiger charge is 2.11. The van der Waals surface area contributed by atoms with Gasteiger partial charge in [0.05, 0.1) is 33.6 Å². The van der Waals surface area contributed by atoms with Crippen LogP contribution in [-0.2, 0) is 4.79 Å². The highest BCUT2D eigenvalue weighted by Crippen LogP contribution is 2.37. The Hall–Kier alpha value is -1.91. The lowest BCUT2D eigenvalue weighted by atomic mass is 10.2. The van der Waals surface area contributed by atoms with Crippen molar-refractivity contribution in [2.45, 2.75) is 6.92 Å². The normalized spacial score (nSPS) is 9.65. The Morgan fingerprint density at radius 1 is 1.06 bits per heavy atom. The van der Waals surface area contributed by atoms with Crippen molar-refractivity contribution in [1.82, 2.24) is 0 Å². The van der Waals surface area contributed by atoms with Crippen LogP contribution in [0.3, 0.4) is 0 Å². The molecule has 17 heavy (non-hydrogen) atoms. The first-order chi connectivity index (χ1) is 8.12. The monoisotopic (exact) mass is 239 g/mol. The van der Waals surface area contributed by atoms with Crippen LogP contribution in [0.1, 0.15) is 6.92 Å². The molecule has 0 radical (unpaired) electrons. The maximum atomic E-state index is 10.9. The maximum absolute atomic E-state index is 10.9. The van der Waals surface area contributed by atoms with Crippen LogP contribution >= 0.6 is 0 Å². The average Bonchev–Trinajstić information content (AvgIpc) is 2.34. The average molecular weight is 239 g/mol. The molecule has 1 aromatic carbocycles. The molecule has 0 heterocycles. The van der Waals surface area contributed by atoms with E-state index in [1.165, 1.54) is 6.92 Å². The van der Waals surface area contributed by atoms with Crippen molar-refractivity contribution >= 4 is 11.5 Å². The van der Waals surface area contributed by atoms with Gasteiger partial charge in [-0.25, -0.2) is 0 Å². The zero-order chi connectivity index (χ0) is 12.8. The molecule has 0 amide bonds. The minimum atomic E-state index is 0.0434. The molecule has 0 aliphatic rings. The molecule has 1 rings (SSSR count). The van der Waals surface area contributed by atoms with E-state index in [0.29, 0.717) is 22.9 Å². The molecule has 0 aliphatic carbocycles. The third-order valence-corrected chi connectivity index (χ3v) is 2.23. The molecule has 0 saturated carbocycles. The van der Waals surface area contributed by atoms with Crippen molar-refractivity contribution in [2.24, 2.45) is 0 Å². The van der Waals surface area contributed by atoms with E-state index in [0.717, 1.165) is 0 Å². The number of carbonyl (C=O) groups excluding carboxylic acids is 1. The summed E-state index contributed by atoms with van der Waals surface area (Å²) < 4.78 is 15.5. The molecular formula is C12H17NO4. The summed E-state index contributed by atoms with van der Waals surface area (Å²) in [5.74, 6) is 1.81. The third kappa shape index (κ3) is 3.27. The molecule has 94 valence electrons. The maximum Gasteiger partial charge on any atom is 0.164 e. The van der Waals surface area contributed by atoms with E-state index in [2.05, 4.69) is 5.32 Å². The van der Waals surface area contributed by atoms with Crippen molar-refractivity contribution in [3.8, 4) is 17.2 Å². The van der Waals surface area contributed by atoms with E-state index in [4.69, 9.17) is 14.2 Å². The quantitative estimate of drug-likeness (QED) is 0.819. The van der Waals surface area contributed by atoms with E-state index >= 15 is 0 Å². The Balaban J connectivity index is 3.05. The van der Waals surface area contributed by atoms with E-state index in [-0.39, 0.29) is 12.3 Å². The van der Waals surface area contributed by atoms with Gasteiger partial charge in [0.15, 0.2) is 11.5 Å². The van der Waals surface area contributed by atoms with Gasteiger partial charge in [-0.15, -0.1) is 0 Å². The topological polar surface area (TPSA) is 56.8 Å². The van der Waals surface area contributed by atoms with Crippen molar-refractivity contribution in [3.05, 3.63) is 12.1 Å². The first-order valence-electron chi connectivity index (χ1n) is 5.15. The van der Waals surface area contributed by atoms with E-state index in [1.807, 2.05) is 0 Å². The molecule has 0 saturated heterocycles. The molecule has 0 aromatic heterocycles. The highest BCUT2D eigenvalue weighted by atomic mass is 16.5. The molecule has 5 heteroatoms. The Morgan fingerprint density at radius 2 is 1.59 bits per heavy atom. The van der Waals surface area contributed by atoms with Crippen LogP contribution in [0.2, 0.25) is 0 Å². The Morgan fingerprint density at radius 3 is 2.06 bits per heavy atom. The van der Waals surface area contributed by atoms with Gasteiger partial charge in [0.25, 0.3) is 0 Å². The lowest BCUT2D eigenvalue weighted by molar-refractivity contribution is -0.115. The van der Waals surface area contributed by atoms with Gasteiger partial charge in [0.2, 0.25) is 0 Å². The van der Waals surface area contributed by atoms with Gasteiger partial charge < -0.3 is 19.5 Å². The number of Topliss-reactive ketones (excluding diaryl/α,β-unsaturated/α-hetero) is 1. The summed E-state index contributed by atoms with van der Waals surface area (Å²) in [4.78, 5) is 10.9. The number of hydrogen-bond acceptors (Lipinski definition) is 5. The Kier molecular flexibility index (Phi) is 4.63. The number of carbonyl (C=O) groups is 1. The van der Waals surface area contributed by atoms with Crippen LogP contribution in [0.25, 0.3) is 0 Å². The minimum absolute atomic E-state index is 0.0434. The fraction of sp³-hybridized carbons (Fsp3) is 0.417. The van der Waals surface area contributed by atoms with Crippen molar-refractivity contribution < 1.29 is 19.0 Å². The number of rotatable bonds is 6. The summed E-state index contributed by atoms with van der Waals surface area (Å²) in [5, 5.41) is 2.98. The number of anilines is 1. The molecular weight excluding hydrogens is 222 g/mol. The number of ketones is 1. The smallest absolute Gasteiger partial charge is 0.164 e. The van der Waals surface area contributed by atoms with Crippen molar-refractivity contribution in [2.75, 3.05) is 33.2 Å². The second-order valence-electron chi connectivity index (χ2n) is 3.46. The lowest BCUT2D eigenvalue weighted by Gasteiger charge is -2.14. The van der Waals surface area contributed by atoms with E-state index in [1.54, 1.807) is 33.5 Å². The van der Waals surface area contributed by atoms with Crippen molar-refractivity contribution in [3.63, 3.8) is 0 Å². The van der Waals surface area contributed by atoms with Gasteiger partial charge in [0, 0.05) is 12.1 Å². The molecule has 0 aliphatic heterocycles. The molecule has 0 unspecified atom stereocenters. The Labute approximate surface area is 101 Å². The Bertz CT molecular complexity index is 404. The van der Waals surface area contributed by atoms with Gasteiger partial charge in [-0.2, -0.15) is 0 Å². The number of hydrogen-bond donors (Lipinski definition) is 1. The predicted octanol–water partition coefficient (Wildman–Crippen LogP) is 1.71. The second kappa shape index (κ2) is 5.98. The van der Waals surface area contributed by atoms with Gasteiger partial charge in [-0.1, -0.05) is 0 Å². The second-order valence-corrected chi connectivity index (χ2v) is 3.46. The molecule has 0 atom stereocenters. The molecule has 0 spiro atoms. The zero-order valence-corrected chi connectivity index (χ0v) is 10.5. The fourth-order valence-electron chi connectivity index (χ4n) is 1.39. The molecule has 0 bridgehead atoms. The van der Waals surface area contributed by atoms with Crippen LogP contribution in [0.5, 0.6) is 17.2 Å². The van der Waals surface area contributed by atoms with Gasteiger partial charge in [0.1, 0.15) is 11.5 Å². The third-order valence-electron chi connectivity index (χ3n) is 2.23. The first-order valence-corrected chi connectivity index (χ1v) is 5.15. The summed E-state index contributed by atoms with van der Waals surface area (Å²) in [7, 11) is 4.67. The van der Waals surface area contributed by atoms with Crippen LogP contribution in [0.15, 0.2) is 12.1 Å². The summed E-state index contributed by atoms with van der Waals surface area (Å²) in [6.07, 6.45) is 0. The van der Waals surface area contributed by atoms with E-state index in [9.17, 15) is 4.79 Å². The van der Waals surface area contributed by atoms with Crippen LogP contribution < -0.4 is 19.5 Å². The summed E-state index contributed by atoms with van der Waals surface area (Å²) >= 11 is 0. The SMILES string of the molecule is COc1cc(OC)c(OC)cc1NCC(C)=O. The summed E-state index contributed by atoms with van der Waals surface area (Å²) in [6.45, 7) is 1.76. The number of ether oxygens (including phenoxy) is 3. The molecule has 1 N–H and O–H groups in total. The zero-order valence-electron chi connectivity index (χ0n) is 10.5. The van der Waals surface area contributed by atoms with Gasteiger partial charge >= 0.3 is 0 Å². The fourth-order valence-corrected chi connectivity index (χ4v) is 1.39. The molecule has 5 nitrogen and oxygen atoms in total. The summed E-state index contributed by atoms with van der Waals surface area (Å²) in [5.41, 5.74) is 0.695. The van der Waals surface area contributed by atoms with Crippen LogP contribution in [0.4, 0.5) is 5.69 Å². The molecule has 0 fully saturated rings. The predicted molar refractivity (Wildman–Crippen MR) is 65.3 cm³/mol. The minimum Gasteiger partial charge on any atom is -0.494 e. The largest absolute Gasteiger partial charge is 0.494 e.